The SMILES string of the molecule is CNC[C@@H](O)[C@H](c1cccc(F)c1)n1ccc2cc(OC)ncc21. The average molecular weight is 329 g/mol. The number of nitrogens with zero attached hydrogens (tertiary/aromatic N) is 2. The summed E-state index contributed by atoms with van der Waals surface area (Å²) in [7, 11) is 3.34. The summed E-state index contributed by atoms with van der Waals surface area (Å²) in [6.07, 6.45) is 2.85. The summed E-state index contributed by atoms with van der Waals surface area (Å²) in [5, 5.41) is 14.5. The molecule has 0 fully saturated rings. The first kappa shape index (κ1) is 16.4. The van der Waals surface area contributed by atoms with E-state index in [9.17, 15) is 9.50 Å². The molecule has 3 rings (SSSR count). The minimum absolute atomic E-state index is 0.328. The molecule has 0 unspecified atom stereocenters. The molecule has 1 aromatic carbocycles. The second-order valence-corrected chi connectivity index (χ2v) is 5.63. The summed E-state index contributed by atoms with van der Waals surface area (Å²) >= 11 is 0. The molecule has 3 aromatic rings. The van der Waals surface area contributed by atoms with Crippen molar-refractivity contribution in [2.45, 2.75) is 12.1 Å². The summed E-state index contributed by atoms with van der Waals surface area (Å²) < 4.78 is 20.8. The van der Waals surface area contributed by atoms with Crippen molar-refractivity contribution in [3.63, 3.8) is 0 Å². The van der Waals surface area contributed by atoms with E-state index in [0.717, 1.165) is 10.9 Å². The lowest BCUT2D eigenvalue weighted by Crippen LogP contribution is -2.33. The predicted octanol–water partition coefficient (Wildman–Crippen LogP) is 2.35. The molecule has 0 spiro atoms. The molecule has 2 heterocycles. The molecule has 0 amide bonds. The van der Waals surface area contributed by atoms with Crippen LogP contribution in [0.15, 0.2) is 48.8 Å². The Labute approximate surface area is 139 Å². The Morgan fingerprint density at radius 3 is 2.88 bits per heavy atom. The van der Waals surface area contributed by atoms with Crippen LogP contribution >= 0.6 is 0 Å². The maximum absolute atomic E-state index is 13.7. The highest BCUT2D eigenvalue weighted by Crippen LogP contribution is 2.29. The molecular weight excluding hydrogens is 309 g/mol. The highest BCUT2D eigenvalue weighted by Gasteiger charge is 2.24. The fourth-order valence-electron chi connectivity index (χ4n) is 2.97. The third kappa shape index (κ3) is 3.11. The summed E-state index contributed by atoms with van der Waals surface area (Å²) in [5.41, 5.74) is 1.55. The Hall–Kier alpha value is -2.44. The Kier molecular flexibility index (Phi) is 4.78. The van der Waals surface area contributed by atoms with Gasteiger partial charge in [-0.15, -0.1) is 0 Å². The van der Waals surface area contributed by atoms with Gasteiger partial charge in [0, 0.05) is 24.2 Å². The highest BCUT2D eigenvalue weighted by atomic mass is 19.1. The zero-order valence-electron chi connectivity index (χ0n) is 13.6. The van der Waals surface area contributed by atoms with Crippen molar-refractivity contribution in [1.82, 2.24) is 14.9 Å². The quantitative estimate of drug-likeness (QED) is 0.729. The van der Waals surface area contributed by atoms with E-state index in [-0.39, 0.29) is 5.82 Å². The van der Waals surface area contributed by atoms with Gasteiger partial charge in [0.15, 0.2) is 0 Å². The van der Waals surface area contributed by atoms with Crippen LogP contribution in [0.5, 0.6) is 5.88 Å². The van der Waals surface area contributed by atoms with Gasteiger partial charge in [0.25, 0.3) is 0 Å². The van der Waals surface area contributed by atoms with Crippen LogP contribution in [0.1, 0.15) is 11.6 Å². The van der Waals surface area contributed by atoms with E-state index >= 15 is 0 Å². The van der Waals surface area contributed by atoms with Crippen LogP contribution in [0.3, 0.4) is 0 Å². The fraction of sp³-hybridized carbons (Fsp3) is 0.278. The molecule has 2 atom stereocenters. The number of hydrogen-bond donors (Lipinski definition) is 2. The zero-order chi connectivity index (χ0) is 17.1. The molecule has 0 aliphatic rings. The third-order valence-corrected chi connectivity index (χ3v) is 4.06. The van der Waals surface area contributed by atoms with Gasteiger partial charge in [0.05, 0.1) is 31.0 Å². The molecular formula is C18H20FN3O2. The number of ether oxygens (including phenoxy) is 1. The molecule has 0 aliphatic heterocycles. The van der Waals surface area contributed by atoms with Gasteiger partial charge in [-0.1, -0.05) is 12.1 Å². The van der Waals surface area contributed by atoms with Gasteiger partial charge in [-0.2, -0.15) is 0 Å². The lowest BCUT2D eigenvalue weighted by Gasteiger charge is -2.26. The molecule has 5 nitrogen and oxygen atoms in total. The first-order chi connectivity index (χ1) is 11.6. The second kappa shape index (κ2) is 6.98. The maximum atomic E-state index is 13.7. The van der Waals surface area contributed by atoms with Gasteiger partial charge in [0.2, 0.25) is 5.88 Å². The van der Waals surface area contributed by atoms with Crippen LogP contribution < -0.4 is 10.1 Å². The summed E-state index contributed by atoms with van der Waals surface area (Å²) in [6, 6.07) is 9.64. The molecule has 2 aromatic heterocycles. The van der Waals surface area contributed by atoms with E-state index < -0.39 is 12.1 Å². The van der Waals surface area contributed by atoms with Gasteiger partial charge < -0.3 is 19.7 Å². The van der Waals surface area contributed by atoms with E-state index in [1.807, 2.05) is 29.0 Å². The molecule has 126 valence electrons. The van der Waals surface area contributed by atoms with Crippen molar-refractivity contribution in [2.75, 3.05) is 20.7 Å². The van der Waals surface area contributed by atoms with E-state index in [1.165, 1.54) is 12.1 Å². The normalized spacial score (nSPS) is 13.8. The van der Waals surface area contributed by atoms with E-state index in [4.69, 9.17) is 4.74 Å². The molecule has 0 aliphatic carbocycles. The van der Waals surface area contributed by atoms with Crippen LogP contribution in [-0.4, -0.2) is 41.5 Å². The molecule has 24 heavy (non-hydrogen) atoms. The molecule has 6 heteroatoms. The molecule has 0 saturated heterocycles. The van der Waals surface area contributed by atoms with Crippen molar-refractivity contribution in [2.24, 2.45) is 0 Å². The topological polar surface area (TPSA) is 59.3 Å². The summed E-state index contributed by atoms with van der Waals surface area (Å²) in [6.45, 7) is 0.379. The number of rotatable bonds is 6. The smallest absolute Gasteiger partial charge is 0.213 e. The molecule has 0 saturated carbocycles. The number of benzene rings is 1. The first-order valence-corrected chi connectivity index (χ1v) is 7.72. The number of aliphatic hydroxyl groups excluding tert-OH is 1. The number of aliphatic hydroxyl groups is 1. The number of likely N-dealkylation sites (N-methyl/N-ethyl adjacent to an activating group) is 1. The van der Waals surface area contributed by atoms with Crippen LogP contribution in [0.25, 0.3) is 10.9 Å². The number of nitrogens with one attached hydrogen (secondary N) is 1. The van der Waals surface area contributed by atoms with Gasteiger partial charge in [-0.05, 0) is 30.8 Å². The average Bonchev–Trinajstić information content (AvgIpc) is 2.98. The minimum Gasteiger partial charge on any atom is -0.481 e. The van der Waals surface area contributed by atoms with Gasteiger partial charge in [-0.3, -0.25) is 0 Å². The van der Waals surface area contributed by atoms with Crippen LogP contribution in [0, 0.1) is 5.82 Å². The number of halogens is 1. The number of fused-ring (bicyclic) bond motifs is 1. The lowest BCUT2D eigenvalue weighted by atomic mass is 10.0. The van der Waals surface area contributed by atoms with E-state index in [0.29, 0.717) is 18.0 Å². The molecule has 0 bridgehead atoms. The van der Waals surface area contributed by atoms with Crippen molar-refractivity contribution in [3.8, 4) is 5.88 Å². The zero-order valence-corrected chi connectivity index (χ0v) is 13.6. The van der Waals surface area contributed by atoms with Crippen molar-refractivity contribution < 1.29 is 14.2 Å². The number of aromatic nitrogens is 2. The Morgan fingerprint density at radius 1 is 1.33 bits per heavy atom. The van der Waals surface area contributed by atoms with Gasteiger partial charge >= 0.3 is 0 Å². The molecule has 2 N–H and O–H groups in total. The van der Waals surface area contributed by atoms with E-state index in [2.05, 4.69) is 10.3 Å². The van der Waals surface area contributed by atoms with Crippen LogP contribution in [0.2, 0.25) is 0 Å². The minimum atomic E-state index is -0.727. The number of pyridine rings is 1. The monoisotopic (exact) mass is 329 g/mol. The van der Waals surface area contributed by atoms with E-state index in [1.54, 1.807) is 26.4 Å². The van der Waals surface area contributed by atoms with Gasteiger partial charge in [0.1, 0.15) is 5.82 Å². The predicted molar refractivity (Wildman–Crippen MR) is 90.8 cm³/mol. The largest absolute Gasteiger partial charge is 0.481 e. The lowest BCUT2D eigenvalue weighted by molar-refractivity contribution is 0.132. The standard InChI is InChI=1S/C18H20FN3O2/c1-20-11-16(23)18(13-4-3-5-14(19)8-13)22-7-6-12-9-17(24-2)21-10-15(12)22/h3-10,16,18,20,23H,11H2,1-2H3/t16-,18+/m1/s1. The maximum Gasteiger partial charge on any atom is 0.213 e. The Balaban J connectivity index is 2.11. The second-order valence-electron chi connectivity index (χ2n) is 5.63. The van der Waals surface area contributed by atoms with Crippen molar-refractivity contribution >= 4 is 10.9 Å². The highest BCUT2D eigenvalue weighted by molar-refractivity contribution is 5.80. The number of hydrogen-bond acceptors (Lipinski definition) is 4. The fourth-order valence-corrected chi connectivity index (χ4v) is 2.97. The van der Waals surface area contributed by atoms with Crippen LogP contribution in [-0.2, 0) is 0 Å². The van der Waals surface area contributed by atoms with Crippen molar-refractivity contribution in [3.05, 3.63) is 60.2 Å². The first-order valence-electron chi connectivity index (χ1n) is 7.72. The Bertz CT molecular complexity index is 834. The number of methoxy groups -OCH3 is 1. The van der Waals surface area contributed by atoms with Crippen LogP contribution in [0.4, 0.5) is 4.39 Å². The summed E-state index contributed by atoms with van der Waals surface area (Å²) in [5.74, 6) is 0.198. The third-order valence-electron chi connectivity index (χ3n) is 4.06. The molecule has 0 radical (unpaired) electrons. The summed E-state index contributed by atoms with van der Waals surface area (Å²) in [4.78, 5) is 4.24. The van der Waals surface area contributed by atoms with Gasteiger partial charge in [-0.25, -0.2) is 9.37 Å². The van der Waals surface area contributed by atoms with Crippen molar-refractivity contribution in [1.29, 1.82) is 0 Å². The Morgan fingerprint density at radius 2 is 2.17 bits per heavy atom.